The summed E-state index contributed by atoms with van der Waals surface area (Å²) in [7, 11) is 0. The van der Waals surface area contributed by atoms with Crippen LogP contribution in [0.2, 0.25) is 0 Å². The Balaban J connectivity index is 2.08. The number of hydrogen-bond donors (Lipinski definition) is 2. The molecule has 0 saturated heterocycles. The van der Waals surface area contributed by atoms with Crippen molar-refractivity contribution >= 4 is 21.7 Å². The molecule has 0 spiro atoms. The number of nitrogens with zero attached hydrogens (tertiary/aromatic N) is 2. The smallest absolute Gasteiger partial charge is 0.132 e. The first kappa shape index (κ1) is 14.7. The molecule has 106 valence electrons. The molecule has 1 aliphatic rings. The van der Waals surface area contributed by atoms with E-state index in [1.165, 1.54) is 12.8 Å². The summed E-state index contributed by atoms with van der Waals surface area (Å²) in [6.45, 7) is 2.12. The third-order valence-electron chi connectivity index (χ3n) is 3.53. The predicted octanol–water partition coefficient (Wildman–Crippen LogP) is 3.30. The van der Waals surface area contributed by atoms with Crippen LogP contribution in [0.5, 0.6) is 0 Å². The van der Waals surface area contributed by atoms with E-state index >= 15 is 0 Å². The minimum absolute atomic E-state index is 0.110. The molecule has 2 unspecified atom stereocenters. The van der Waals surface area contributed by atoms with Gasteiger partial charge in [-0.15, -0.1) is 0 Å². The highest BCUT2D eigenvalue weighted by Crippen LogP contribution is 2.22. The number of halogens is 1. The van der Waals surface area contributed by atoms with Gasteiger partial charge in [0.2, 0.25) is 0 Å². The molecule has 1 aliphatic carbocycles. The number of aliphatic hydroxyl groups is 1. The van der Waals surface area contributed by atoms with Gasteiger partial charge in [0.05, 0.1) is 12.1 Å². The van der Waals surface area contributed by atoms with E-state index in [9.17, 15) is 5.11 Å². The lowest BCUT2D eigenvalue weighted by molar-refractivity contribution is 0.144. The SMILES string of the molecule is CCCc1nc(Br)cc(NC2CCCCCC2O)n1. The fraction of sp³-hybridized carbons (Fsp3) is 0.714. The van der Waals surface area contributed by atoms with Gasteiger partial charge in [-0.25, -0.2) is 9.97 Å². The summed E-state index contributed by atoms with van der Waals surface area (Å²) < 4.78 is 0.802. The van der Waals surface area contributed by atoms with Gasteiger partial charge >= 0.3 is 0 Å². The van der Waals surface area contributed by atoms with Gasteiger partial charge in [0.25, 0.3) is 0 Å². The molecule has 19 heavy (non-hydrogen) atoms. The van der Waals surface area contributed by atoms with E-state index in [4.69, 9.17) is 0 Å². The maximum absolute atomic E-state index is 10.1. The number of aromatic nitrogens is 2. The van der Waals surface area contributed by atoms with Gasteiger partial charge in [0.15, 0.2) is 0 Å². The molecule has 1 heterocycles. The average Bonchev–Trinajstić information content (AvgIpc) is 2.55. The van der Waals surface area contributed by atoms with Crippen LogP contribution in [0.25, 0.3) is 0 Å². The zero-order valence-corrected chi connectivity index (χ0v) is 13.0. The topological polar surface area (TPSA) is 58.0 Å². The van der Waals surface area contributed by atoms with Crippen molar-refractivity contribution in [3.8, 4) is 0 Å². The first-order valence-corrected chi connectivity index (χ1v) is 7.96. The molecule has 0 amide bonds. The Morgan fingerprint density at radius 2 is 2.11 bits per heavy atom. The van der Waals surface area contributed by atoms with Gasteiger partial charge < -0.3 is 10.4 Å². The quantitative estimate of drug-likeness (QED) is 0.658. The first-order chi connectivity index (χ1) is 9.19. The Hall–Kier alpha value is -0.680. The van der Waals surface area contributed by atoms with Gasteiger partial charge in [-0.05, 0) is 35.2 Å². The van der Waals surface area contributed by atoms with E-state index in [2.05, 4.69) is 38.1 Å². The van der Waals surface area contributed by atoms with Gasteiger partial charge in [0, 0.05) is 12.5 Å². The van der Waals surface area contributed by atoms with Gasteiger partial charge in [-0.3, -0.25) is 0 Å². The highest BCUT2D eigenvalue weighted by atomic mass is 79.9. The highest BCUT2D eigenvalue weighted by Gasteiger charge is 2.21. The molecule has 2 atom stereocenters. The summed E-state index contributed by atoms with van der Waals surface area (Å²) in [6.07, 6.45) is 7.02. The highest BCUT2D eigenvalue weighted by molar-refractivity contribution is 9.10. The molecule has 5 heteroatoms. The van der Waals surface area contributed by atoms with Crippen LogP contribution >= 0.6 is 15.9 Å². The molecule has 0 aliphatic heterocycles. The second kappa shape index (κ2) is 7.20. The third-order valence-corrected chi connectivity index (χ3v) is 3.93. The standard InChI is InChI=1S/C14H22BrN3O/c1-2-6-13-17-12(15)9-14(18-13)16-10-7-4-3-5-8-11(10)19/h9-11,19H,2-8H2,1H3,(H,16,17,18). The van der Waals surface area contributed by atoms with Crippen LogP contribution in [0.1, 0.15) is 51.3 Å². The van der Waals surface area contributed by atoms with Gasteiger partial charge in [-0.2, -0.15) is 0 Å². The molecule has 1 aromatic heterocycles. The molecule has 1 aromatic rings. The molecule has 1 saturated carbocycles. The Morgan fingerprint density at radius 3 is 2.89 bits per heavy atom. The van der Waals surface area contributed by atoms with E-state index in [1.807, 2.05) is 6.07 Å². The van der Waals surface area contributed by atoms with Crippen molar-refractivity contribution in [2.45, 2.75) is 64.0 Å². The fourth-order valence-corrected chi connectivity index (χ4v) is 2.94. The van der Waals surface area contributed by atoms with Crippen LogP contribution in [-0.2, 0) is 6.42 Å². The molecule has 0 bridgehead atoms. The molecule has 0 aromatic carbocycles. The number of aryl methyl sites for hydroxylation is 1. The lowest BCUT2D eigenvalue weighted by Crippen LogP contribution is -2.32. The molecular weight excluding hydrogens is 306 g/mol. The monoisotopic (exact) mass is 327 g/mol. The minimum atomic E-state index is -0.272. The molecule has 0 radical (unpaired) electrons. The molecule has 2 rings (SSSR count). The number of nitrogens with one attached hydrogen (secondary N) is 1. The normalized spacial score (nSPS) is 23.9. The summed E-state index contributed by atoms with van der Waals surface area (Å²) in [4.78, 5) is 8.88. The van der Waals surface area contributed by atoms with Crippen LogP contribution in [0.4, 0.5) is 5.82 Å². The Morgan fingerprint density at radius 1 is 1.32 bits per heavy atom. The largest absolute Gasteiger partial charge is 0.391 e. The van der Waals surface area contributed by atoms with Crippen molar-refractivity contribution < 1.29 is 5.11 Å². The average molecular weight is 328 g/mol. The number of anilines is 1. The summed E-state index contributed by atoms with van der Waals surface area (Å²) in [6, 6.07) is 2.00. The second-order valence-corrected chi connectivity index (χ2v) is 6.01. The van der Waals surface area contributed by atoms with E-state index in [-0.39, 0.29) is 12.1 Å². The van der Waals surface area contributed by atoms with Crippen molar-refractivity contribution in [2.75, 3.05) is 5.32 Å². The Labute approximate surface area is 123 Å². The van der Waals surface area contributed by atoms with Crippen LogP contribution in [0, 0.1) is 0 Å². The molecule has 2 N–H and O–H groups in total. The molecule has 1 fully saturated rings. The van der Waals surface area contributed by atoms with Crippen molar-refractivity contribution in [2.24, 2.45) is 0 Å². The zero-order chi connectivity index (χ0) is 13.7. The minimum Gasteiger partial charge on any atom is -0.391 e. The van der Waals surface area contributed by atoms with E-state index < -0.39 is 0 Å². The summed E-state index contributed by atoms with van der Waals surface area (Å²) in [5.74, 6) is 1.67. The van der Waals surface area contributed by atoms with Crippen molar-refractivity contribution in [3.05, 3.63) is 16.5 Å². The maximum Gasteiger partial charge on any atom is 0.132 e. The Bertz CT molecular complexity index is 414. The van der Waals surface area contributed by atoms with E-state index in [0.717, 1.165) is 48.3 Å². The number of hydrogen-bond acceptors (Lipinski definition) is 4. The molecular formula is C14H22BrN3O. The fourth-order valence-electron chi connectivity index (χ4n) is 2.52. The predicted molar refractivity (Wildman–Crippen MR) is 80.2 cm³/mol. The molecule has 4 nitrogen and oxygen atoms in total. The summed E-state index contributed by atoms with van der Waals surface area (Å²) >= 11 is 3.42. The van der Waals surface area contributed by atoms with Gasteiger partial charge in [0.1, 0.15) is 16.2 Å². The Kier molecular flexibility index (Phi) is 5.58. The second-order valence-electron chi connectivity index (χ2n) is 5.20. The van der Waals surface area contributed by atoms with Crippen LogP contribution in [0.3, 0.4) is 0 Å². The van der Waals surface area contributed by atoms with E-state index in [0.29, 0.717) is 0 Å². The van der Waals surface area contributed by atoms with Crippen molar-refractivity contribution in [1.82, 2.24) is 9.97 Å². The maximum atomic E-state index is 10.1. The lowest BCUT2D eigenvalue weighted by atomic mass is 10.1. The van der Waals surface area contributed by atoms with E-state index in [1.54, 1.807) is 0 Å². The number of aliphatic hydroxyl groups excluding tert-OH is 1. The third kappa shape index (κ3) is 4.42. The zero-order valence-electron chi connectivity index (χ0n) is 11.4. The van der Waals surface area contributed by atoms with Crippen molar-refractivity contribution in [3.63, 3.8) is 0 Å². The van der Waals surface area contributed by atoms with Crippen LogP contribution < -0.4 is 5.32 Å². The first-order valence-electron chi connectivity index (χ1n) is 7.17. The summed E-state index contributed by atoms with van der Waals surface area (Å²) in [5, 5.41) is 13.5. The lowest BCUT2D eigenvalue weighted by Gasteiger charge is -2.22. The number of rotatable bonds is 4. The van der Waals surface area contributed by atoms with Crippen LogP contribution in [-0.4, -0.2) is 27.2 Å². The summed E-state index contributed by atoms with van der Waals surface area (Å²) in [5.41, 5.74) is 0. The van der Waals surface area contributed by atoms with Crippen molar-refractivity contribution in [1.29, 1.82) is 0 Å². The van der Waals surface area contributed by atoms with Crippen LogP contribution in [0.15, 0.2) is 10.7 Å². The van der Waals surface area contributed by atoms with Gasteiger partial charge in [-0.1, -0.05) is 26.2 Å².